The molecule has 0 aromatic heterocycles. The lowest BCUT2D eigenvalue weighted by molar-refractivity contribution is -0.257. The highest BCUT2D eigenvalue weighted by Crippen LogP contribution is 2.30. The molecule has 5 atom stereocenters. The van der Waals surface area contributed by atoms with E-state index in [1.165, 1.54) is 27.7 Å². The molecule has 10 nitrogen and oxygen atoms in total. The monoisotopic (exact) mass is 473 g/mol. The highest BCUT2D eigenvalue weighted by molar-refractivity contribution is 5.83. The summed E-state index contributed by atoms with van der Waals surface area (Å²) in [6.45, 7) is 4.57. The number of hydrogen-bond donors (Lipinski definition) is 1. The number of fused-ring (bicyclic) bond motifs is 1. The van der Waals surface area contributed by atoms with Crippen molar-refractivity contribution in [2.45, 2.75) is 58.3 Å². The third-order valence-corrected chi connectivity index (χ3v) is 5.04. The predicted octanol–water partition coefficient (Wildman–Crippen LogP) is 1.87. The van der Waals surface area contributed by atoms with Gasteiger partial charge >= 0.3 is 17.9 Å². The minimum atomic E-state index is -1.18. The summed E-state index contributed by atoms with van der Waals surface area (Å²) in [7, 11) is 0. The maximum atomic E-state index is 12.0. The van der Waals surface area contributed by atoms with Gasteiger partial charge in [0, 0.05) is 27.7 Å². The minimum absolute atomic E-state index is 0.296. The molecule has 2 aromatic carbocycles. The van der Waals surface area contributed by atoms with Crippen molar-refractivity contribution in [2.24, 2.45) is 0 Å². The van der Waals surface area contributed by atoms with Gasteiger partial charge in [0.1, 0.15) is 24.5 Å². The fourth-order valence-corrected chi connectivity index (χ4v) is 3.77. The fraction of sp³-hybridized carbons (Fsp3) is 0.417. The molecule has 1 aliphatic rings. The molecule has 1 amide bonds. The molecule has 0 saturated carbocycles. The number of amides is 1. The molecule has 1 aliphatic heterocycles. The third-order valence-electron chi connectivity index (χ3n) is 5.04. The number of esters is 3. The molecule has 10 heteroatoms. The molecule has 0 unspecified atom stereocenters. The summed E-state index contributed by atoms with van der Waals surface area (Å²) in [6.07, 6.45) is -4.55. The van der Waals surface area contributed by atoms with Crippen LogP contribution in [0.4, 0.5) is 0 Å². The van der Waals surface area contributed by atoms with Crippen LogP contribution in [0, 0.1) is 0 Å². The Labute approximate surface area is 196 Å². The van der Waals surface area contributed by atoms with Gasteiger partial charge in [0.2, 0.25) is 12.2 Å². The molecule has 1 fully saturated rings. The van der Waals surface area contributed by atoms with E-state index in [-0.39, 0.29) is 6.61 Å². The predicted molar refractivity (Wildman–Crippen MR) is 119 cm³/mol. The average Bonchev–Trinajstić information content (AvgIpc) is 2.75. The standard InChI is InChI=1S/C24H27NO9/c1-13(26)25-21-23(32-16(4)29)22(31-15(3)28)20(12-30-14(2)27)34-24(21)33-19-10-9-17-7-5-6-8-18(17)11-19/h5-11,20-24H,12H2,1-4H3,(H,25,26)/t20-,21-,22-,23-,24-/m1/s1. The zero-order valence-electron chi connectivity index (χ0n) is 19.3. The molecule has 34 heavy (non-hydrogen) atoms. The lowest BCUT2D eigenvalue weighted by Gasteiger charge is -2.44. The van der Waals surface area contributed by atoms with Gasteiger partial charge in [0.15, 0.2) is 12.2 Å². The number of carbonyl (C=O) groups excluding carboxylic acids is 4. The van der Waals surface area contributed by atoms with Crippen molar-refractivity contribution in [1.29, 1.82) is 0 Å². The Hall–Kier alpha value is -3.66. The van der Waals surface area contributed by atoms with Gasteiger partial charge in [-0.05, 0) is 22.9 Å². The molecule has 0 aliphatic carbocycles. The Kier molecular flexibility index (Phi) is 8.06. The number of nitrogens with one attached hydrogen (secondary N) is 1. The smallest absolute Gasteiger partial charge is 0.303 e. The molecule has 1 heterocycles. The number of benzene rings is 2. The van der Waals surface area contributed by atoms with E-state index in [1.54, 1.807) is 12.1 Å². The molecule has 3 rings (SSSR count). The zero-order valence-corrected chi connectivity index (χ0v) is 19.3. The molecule has 2 aromatic rings. The first-order valence-electron chi connectivity index (χ1n) is 10.7. The number of rotatable bonds is 7. The normalized spacial score (nSPS) is 24.1. The second-order valence-electron chi connectivity index (χ2n) is 7.85. The van der Waals surface area contributed by atoms with Gasteiger partial charge in [-0.15, -0.1) is 0 Å². The molecular formula is C24H27NO9. The van der Waals surface area contributed by atoms with Crippen molar-refractivity contribution in [3.63, 3.8) is 0 Å². The molecule has 0 bridgehead atoms. The van der Waals surface area contributed by atoms with E-state index >= 15 is 0 Å². The molecular weight excluding hydrogens is 446 g/mol. The van der Waals surface area contributed by atoms with Gasteiger partial charge in [-0.1, -0.05) is 30.3 Å². The molecule has 182 valence electrons. The van der Waals surface area contributed by atoms with E-state index in [0.29, 0.717) is 5.75 Å². The van der Waals surface area contributed by atoms with E-state index in [9.17, 15) is 19.2 Å². The van der Waals surface area contributed by atoms with Crippen molar-refractivity contribution in [3.8, 4) is 5.75 Å². The van der Waals surface area contributed by atoms with Crippen LogP contribution < -0.4 is 10.1 Å². The quantitative estimate of drug-likeness (QED) is 0.474. The molecule has 0 spiro atoms. The Morgan fingerprint density at radius 3 is 2.12 bits per heavy atom. The fourth-order valence-electron chi connectivity index (χ4n) is 3.77. The van der Waals surface area contributed by atoms with Gasteiger partial charge in [-0.2, -0.15) is 0 Å². The number of ether oxygens (including phenoxy) is 5. The van der Waals surface area contributed by atoms with Gasteiger partial charge in [-0.25, -0.2) is 0 Å². The van der Waals surface area contributed by atoms with E-state index < -0.39 is 54.5 Å². The minimum Gasteiger partial charge on any atom is -0.463 e. The zero-order chi connectivity index (χ0) is 24.8. The topological polar surface area (TPSA) is 126 Å². The summed E-state index contributed by atoms with van der Waals surface area (Å²) in [5.41, 5.74) is 0. The summed E-state index contributed by atoms with van der Waals surface area (Å²) in [4.78, 5) is 47.1. The Morgan fingerprint density at radius 2 is 1.50 bits per heavy atom. The summed E-state index contributed by atoms with van der Waals surface area (Å²) in [5.74, 6) is -1.94. The third kappa shape index (κ3) is 6.44. The molecule has 0 radical (unpaired) electrons. The summed E-state index contributed by atoms with van der Waals surface area (Å²) in [6, 6.07) is 12.0. The molecule has 1 saturated heterocycles. The van der Waals surface area contributed by atoms with Crippen LogP contribution in [0.3, 0.4) is 0 Å². The van der Waals surface area contributed by atoms with E-state index in [0.717, 1.165) is 10.8 Å². The van der Waals surface area contributed by atoms with Gasteiger partial charge in [-0.3, -0.25) is 19.2 Å². The van der Waals surface area contributed by atoms with E-state index in [4.69, 9.17) is 23.7 Å². The van der Waals surface area contributed by atoms with Crippen LogP contribution in [0.5, 0.6) is 5.75 Å². The lowest BCUT2D eigenvalue weighted by Crippen LogP contribution is -2.67. The van der Waals surface area contributed by atoms with Crippen molar-refractivity contribution in [1.82, 2.24) is 5.32 Å². The van der Waals surface area contributed by atoms with Crippen LogP contribution in [0.2, 0.25) is 0 Å². The van der Waals surface area contributed by atoms with Crippen molar-refractivity contribution >= 4 is 34.6 Å². The van der Waals surface area contributed by atoms with Crippen LogP contribution in [-0.4, -0.2) is 61.1 Å². The first-order chi connectivity index (χ1) is 16.1. The Morgan fingerprint density at radius 1 is 0.853 bits per heavy atom. The highest BCUT2D eigenvalue weighted by Gasteiger charge is 2.51. The van der Waals surface area contributed by atoms with Crippen LogP contribution in [0.25, 0.3) is 10.8 Å². The van der Waals surface area contributed by atoms with Crippen molar-refractivity contribution in [2.75, 3.05) is 6.61 Å². The van der Waals surface area contributed by atoms with Crippen LogP contribution in [0.1, 0.15) is 27.7 Å². The maximum Gasteiger partial charge on any atom is 0.303 e. The Balaban J connectivity index is 1.98. The van der Waals surface area contributed by atoms with Gasteiger partial charge < -0.3 is 29.0 Å². The first kappa shape index (κ1) is 25.0. The first-order valence-corrected chi connectivity index (χ1v) is 10.7. The van der Waals surface area contributed by atoms with Crippen LogP contribution in [0.15, 0.2) is 42.5 Å². The Bertz CT molecular complexity index is 1070. The average molecular weight is 473 g/mol. The summed E-state index contributed by atoms with van der Waals surface area (Å²) >= 11 is 0. The second kappa shape index (κ2) is 11.0. The lowest BCUT2D eigenvalue weighted by atomic mass is 9.96. The molecule has 1 N–H and O–H groups in total. The number of hydrogen-bond acceptors (Lipinski definition) is 9. The van der Waals surface area contributed by atoms with E-state index in [2.05, 4.69) is 5.32 Å². The van der Waals surface area contributed by atoms with Crippen LogP contribution >= 0.6 is 0 Å². The maximum absolute atomic E-state index is 12.0. The van der Waals surface area contributed by atoms with Crippen LogP contribution in [-0.2, 0) is 38.1 Å². The van der Waals surface area contributed by atoms with Crippen molar-refractivity contribution in [3.05, 3.63) is 42.5 Å². The second-order valence-corrected chi connectivity index (χ2v) is 7.85. The van der Waals surface area contributed by atoms with Gasteiger partial charge in [0.25, 0.3) is 0 Å². The van der Waals surface area contributed by atoms with E-state index in [1.807, 2.05) is 30.3 Å². The SMILES string of the molecule is CC(=O)N[C@H]1[C@H](Oc2ccc3ccccc3c2)O[C@H](COC(C)=O)[C@@H](OC(C)=O)[C@@H]1OC(C)=O. The largest absolute Gasteiger partial charge is 0.463 e. The summed E-state index contributed by atoms with van der Waals surface area (Å²) in [5, 5.41) is 4.58. The van der Waals surface area contributed by atoms with Crippen molar-refractivity contribution < 1.29 is 42.9 Å². The summed E-state index contributed by atoms with van der Waals surface area (Å²) < 4.78 is 28.0. The van der Waals surface area contributed by atoms with Gasteiger partial charge in [0.05, 0.1) is 0 Å². The highest BCUT2D eigenvalue weighted by atomic mass is 16.7. The number of carbonyl (C=O) groups is 4.